The molecule has 2 rings (SSSR count). The van der Waals surface area contributed by atoms with E-state index >= 15 is 0 Å². The third kappa shape index (κ3) is 1.51. The van der Waals surface area contributed by atoms with Gasteiger partial charge >= 0.3 is 0 Å². The van der Waals surface area contributed by atoms with Crippen LogP contribution in [0.4, 0.5) is 0 Å². The molecule has 1 aromatic heterocycles. The molecule has 0 bridgehead atoms. The van der Waals surface area contributed by atoms with Gasteiger partial charge in [0.2, 0.25) is 0 Å². The van der Waals surface area contributed by atoms with Gasteiger partial charge in [0.25, 0.3) is 0 Å². The summed E-state index contributed by atoms with van der Waals surface area (Å²) in [4.78, 5) is 0. The van der Waals surface area contributed by atoms with E-state index in [2.05, 4.69) is 36.2 Å². The van der Waals surface area contributed by atoms with Crippen LogP contribution in [0, 0.1) is 5.92 Å². The second-order valence-electron chi connectivity index (χ2n) is 3.99. The molecule has 0 unspecified atom stereocenters. The highest BCUT2D eigenvalue weighted by Gasteiger charge is 2.10. The summed E-state index contributed by atoms with van der Waals surface area (Å²) in [6.07, 6.45) is 1.83. The summed E-state index contributed by atoms with van der Waals surface area (Å²) in [5.74, 6) is 0.458. The number of nitrogens with zero attached hydrogens (tertiary/aromatic N) is 1. The van der Waals surface area contributed by atoms with Crippen molar-refractivity contribution in [1.82, 2.24) is 10.2 Å². The van der Waals surface area contributed by atoms with E-state index in [1.165, 1.54) is 5.56 Å². The van der Waals surface area contributed by atoms with Crippen molar-refractivity contribution >= 4 is 10.9 Å². The predicted octanol–water partition coefficient (Wildman–Crippen LogP) is 2.22. The van der Waals surface area contributed by atoms with Crippen molar-refractivity contribution < 1.29 is 0 Å². The van der Waals surface area contributed by atoms with E-state index in [0.717, 1.165) is 10.9 Å². The maximum atomic E-state index is 6.07. The summed E-state index contributed by atoms with van der Waals surface area (Å²) in [6.45, 7) is 4.26. The van der Waals surface area contributed by atoms with Crippen LogP contribution in [-0.4, -0.2) is 10.2 Å². The summed E-state index contributed by atoms with van der Waals surface area (Å²) < 4.78 is 0. The topological polar surface area (TPSA) is 54.7 Å². The van der Waals surface area contributed by atoms with E-state index in [9.17, 15) is 0 Å². The van der Waals surface area contributed by atoms with E-state index in [4.69, 9.17) is 5.73 Å². The first kappa shape index (κ1) is 9.21. The summed E-state index contributed by atoms with van der Waals surface area (Å²) in [5, 5.41) is 8.03. The third-order valence-corrected chi connectivity index (χ3v) is 2.57. The molecule has 3 N–H and O–H groups in total. The smallest absolute Gasteiger partial charge is 0.0650 e. The first-order valence-electron chi connectivity index (χ1n) is 4.87. The zero-order valence-corrected chi connectivity index (χ0v) is 8.49. The quantitative estimate of drug-likeness (QED) is 0.761. The zero-order chi connectivity index (χ0) is 10.1. The van der Waals surface area contributed by atoms with E-state index in [1.807, 2.05) is 12.3 Å². The SMILES string of the molecule is CC(C)[C@H](N)c1ccc2[nH]ncc2c1. The molecule has 0 spiro atoms. The fourth-order valence-electron chi connectivity index (χ4n) is 1.55. The van der Waals surface area contributed by atoms with Crippen LogP contribution in [0.3, 0.4) is 0 Å². The molecule has 1 atom stereocenters. The highest BCUT2D eigenvalue weighted by molar-refractivity contribution is 5.78. The molecule has 3 heteroatoms. The highest BCUT2D eigenvalue weighted by atomic mass is 15.1. The average molecular weight is 189 g/mol. The fraction of sp³-hybridized carbons (Fsp3) is 0.364. The fourth-order valence-corrected chi connectivity index (χ4v) is 1.55. The second kappa shape index (κ2) is 3.42. The summed E-state index contributed by atoms with van der Waals surface area (Å²) in [6, 6.07) is 6.29. The molecule has 1 aromatic carbocycles. The lowest BCUT2D eigenvalue weighted by molar-refractivity contribution is 0.515. The number of hydrogen-bond donors (Lipinski definition) is 2. The first-order valence-corrected chi connectivity index (χ1v) is 4.87. The Hall–Kier alpha value is -1.35. The van der Waals surface area contributed by atoms with Gasteiger partial charge in [-0.05, 0) is 23.6 Å². The Morgan fingerprint density at radius 2 is 2.14 bits per heavy atom. The Balaban J connectivity index is 2.43. The van der Waals surface area contributed by atoms with Crippen LogP contribution in [0.1, 0.15) is 25.5 Å². The van der Waals surface area contributed by atoms with Crippen LogP contribution in [0.5, 0.6) is 0 Å². The van der Waals surface area contributed by atoms with Gasteiger partial charge in [-0.2, -0.15) is 5.10 Å². The van der Waals surface area contributed by atoms with Crippen molar-refractivity contribution in [3.05, 3.63) is 30.0 Å². The standard InChI is InChI=1S/C11H15N3/c1-7(2)11(12)8-3-4-10-9(5-8)6-13-14-10/h3-7,11H,12H2,1-2H3,(H,13,14)/t11-/m0/s1. The number of nitrogens with one attached hydrogen (secondary N) is 1. The Morgan fingerprint density at radius 1 is 1.36 bits per heavy atom. The zero-order valence-electron chi connectivity index (χ0n) is 8.49. The van der Waals surface area contributed by atoms with Crippen molar-refractivity contribution in [2.45, 2.75) is 19.9 Å². The Morgan fingerprint density at radius 3 is 2.86 bits per heavy atom. The first-order chi connectivity index (χ1) is 6.68. The van der Waals surface area contributed by atoms with Crippen LogP contribution in [0.25, 0.3) is 10.9 Å². The number of rotatable bonds is 2. The molecule has 0 aliphatic rings. The molecule has 14 heavy (non-hydrogen) atoms. The molecule has 1 heterocycles. The molecule has 3 nitrogen and oxygen atoms in total. The maximum Gasteiger partial charge on any atom is 0.0650 e. The van der Waals surface area contributed by atoms with Gasteiger partial charge in [0.05, 0.1) is 11.7 Å². The van der Waals surface area contributed by atoms with Gasteiger partial charge in [-0.25, -0.2) is 0 Å². The Kier molecular flexibility index (Phi) is 2.25. The van der Waals surface area contributed by atoms with Crippen LogP contribution in [0.2, 0.25) is 0 Å². The van der Waals surface area contributed by atoms with Gasteiger partial charge in [0.15, 0.2) is 0 Å². The van der Waals surface area contributed by atoms with Crippen molar-refractivity contribution in [3.8, 4) is 0 Å². The average Bonchev–Trinajstić information content (AvgIpc) is 2.62. The van der Waals surface area contributed by atoms with Crippen LogP contribution in [-0.2, 0) is 0 Å². The maximum absolute atomic E-state index is 6.07. The molecule has 74 valence electrons. The number of hydrogen-bond acceptors (Lipinski definition) is 2. The number of benzene rings is 1. The minimum absolute atomic E-state index is 0.106. The number of aromatic amines is 1. The van der Waals surface area contributed by atoms with Crippen molar-refractivity contribution in [1.29, 1.82) is 0 Å². The monoisotopic (exact) mass is 189 g/mol. The van der Waals surface area contributed by atoms with Gasteiger partial charge in [-0.3, -0.25) is 5.10 Å². The third-order valence-electron chi connectivity index (χ3n) is 2.57. The number of nitrogens with two attached hydrogens (primary N) is 1. The summed E-state index contributed by atoms with van der Waals surface area (Å²) in [5.41, 5.74) is 8.30. The molecular formula is C11H15N3. The number of fused-ring (bicyclic) bond motifs is 1. The normalized spacial score (nSPS) is 13.7. The molecular weight excluding hydrogens is 174 g/mol. The molecule has 0 saturated carbocycles. The van der Waals surface area contributed by atoms with Crippen molar-refractivity contribution in [2.75, 3.05) is 0 Å². The molecule has 0 aliphatic carbocycles. The largest absolute Gasteiger partial charge is 0.324 e. The highest BCUT2D eigenvalue weighted by Crippen LogP contribution is 2.22. The van der Waals surface area contributed by atoms with Gasteiger partial charge in [0.1, 0.15) is 0 Å². The van der Waals surface area contributed by atoms with Gasteiger partial charge in [-0.1, -0.05) is 19.9 Å². The summed E-state index contributed by atoms with van der Waals surface area (Å²) >= 11 is 0. The molecule has 2 aromatic rings. The molecule has 0 fully saturated rings. The number of aromatic nitrogens is 2. The van der Waals surface area contributed by atoms with Crippen LogP contribution >= 0.6 is 0 Å². The lowest BCUT2D eigenvalue weighted by atomic mass is 9.96. The van der Waals surface area contributed by atoms with Crippen LogP contribution < -0.4 is 5.73 Å². The minimum Gasteiger partial charge on any atom is -0.324 e. The van der Waals surface area contributed by atoms with Gasteiger partial charge in [0, 0.05) is 11.4 Å². The molecule has 0 saturated heterocycles. The minimum atomic E-state index is 0.106. The predicted molar refractivity (Wildman–Crippen MR) is 57.9 cm³/mol. The van der Waals surface area contributed by atoms with Crippen LogP contribution in [0.15, 0.2) is 24.4 Å². The van der Waals surface area contributed by atoms with E-state index in [-0.39, 0.29) is 6.04 Å². The van der Waals surface area contributed by atoms with Gasteiger partial charge < -0.3 is 5.73 Å². The summed E-state index contributed by atoms with van der Waals surface area (Å²) in [7, 11) is 0. The van der Waals surface area contributed by atoms with Crippen molar-refractivity contribution in [3.63, 3.8) is 0 Å². The lowest BCUT2D eigenvalue weighted by Gasteiger charge is -2.15. The lowest BCUT2D eigenvalue weighted by Crippen LogP contribution is -2.16. The molecule has 0 amide bonds. The van der Waals surface area contributed by atoms with Crippen molar-refractivity contribution in [2.24, 2.45) is 11.7 Å². The number of H-pyrrole nitrogens is 1. The molecule has 0 aliphatic heterocycles. The van der Waals surface area contributed by atoms with E-state index in [0.29, 0.717) is 5.92 Å². The van der Waals surface area contributed by atoms with Gasteiger partial charge in [-0.15, -0.1) is 0 Å². The Bertz CT molecular complexity index is 431. The molecule has 0 radical (unpaired) electrons. The van der Waals surface area contributed by atoms with E-state index in [1.54, 1.807) is 0 Å². The second-order valence-corrected chi connectivity index (χ2v) is 3.99. The Labute approximate surface area is 83.3 Å². The van der Waals surface area contributed by atoms with E-state index < -0.39 is 0 Å².